The number of amides is 1. The summed E-state index contributed by atoms with van der Waals surface area (Å²) in [5, 5.41) is 10.5. The van der Waals surface area contributed by atoms with Crippen LogP contribution in [0.4, 0.5) is 13.2 Å². The van der Waals surface area contributed by atoms with Crippen molar-refractivity contribution in [1.82, 2.24) is 24.9 Å². The van der Waals surface area contributed by atoms with E-state index in [1.807, 2.05) is 6.92 Å². The maximum absolute atomic E-state index is 12.6. The van der Waals surface area contributed by atoms with E-state index >= 15 is 0 Å². The van der Waals surface area contributed by atoms with Crippen molar-refractivity contribution >= 4 is 21.8 Å². The van der Waals surface area contributed by atoms with Gasteiger partial charge in [-0.15, -0.1) is 0 Å². The highest BCUT2D eigenvalue weighted by Crippen LogP contribution is 2.28. The Labute approximate surface area is 151 Å². The lowest BCUT2D eigenvalue weighted by Gasteiger charge is -2.07. The molecule has 0 aliphatic heterocycles. The van der Waals surface area contributed by atoms with Crippen molar-refractivity contribution in [3.8, 4) is 0 Å². The first kappa shape index (κ1) is 19.5. The summed E-state index contributed by atoms with van der Waals surface area (Å²) in [6, 6.07) is 1.02. The van der Waals surface area contributed by atoms with Crippen LogP contribution in [0.25, 0.3) is 0 Å². The Hall–Kier alpha value is -1.84. The number of carbonyl (C=O) groups is 1. The minimum absolute atomic E-state index is 0.127. The second-order valence-corrected chi connectivity index (χ2v) is 6.53. The predicted molar refractivity (Wildman–Crippen MR) is 88.9 cm³/mol. The molecule has 138 valence electrons. The highest BCUT2D eigenvalue weighted by molar-refractivity contribution is 9.10. The van der Waals surface area contributed by atoms with Crippen LogP contribution < -0.4 is 5.32 Å². The summed E-state index contributed by atoms with van der Waals surface area (Å²) in [5.41, 5.74) is 0.404. The third kappa shape index (κ3) is 5.58. The van der Waals surface area contributed by atoms with Crippen LogP contribution in [0.1, 0.15) is 29.9 Å². The van der Waals surface area contributed by atoms with Gasteiger partial charge in [0.2, 0.25) is 5.91 Å². The molecule has 2 rings (SSSR count). The molecule has 0 radical (unpaired) electrons. The van der Waals surface area contributed by atoms with Crippen molar-refractivity contribution < 1.29 is 18.0 Å². The highest BCUT2D eigenvalue weighted by Gasteiger charge is 2.34. The second-order valence-electron chi connectivity index (χ2n) is 5.67. The normalized spacial score (nSPS) is 11.8. The van der Waals surface area contributed by atoms with E-state index < -0.39 is 11.9 Å². The maximum atomic E-state index is 12.6. The van der Waals surface area contributed by atoms with Crippen molar-refractivity contribution in [2.75, 3.05) is 6.54 Å². The van der Waals surface area contributed by atoms with Gasteiger partial charge in [-0.25, -0.2) is 0 Å². The summed E-state index contributed by atoms with van der Waals surface area (Å²) in [6.07, 6.45) is -1.85. The molecular weight excluding hydrogens is 403 g/mol. The fourth-order valence-electron chi connectivity index (χ4n) is 2.24. The Morgan fingerprint density at radius 1 is 1.28 bits per heavy atom. The average Bonchev–Trinajstić information content (AvgIpc) is 3.04. The third-order valence-electron chi connectivity index (χ3n) is 3.59. The van der Waals surface area contributed by atoms with Crippen molar-refractivity contribution in [2.45, 2.75) is 46.0 Å². The van der Waals surface area contributed by atoms with E-state index in [2.05, 4.69) is 31.4 Å². The van der Waals surface area contributed by atoms with Crippen molar-refractivity contribution in [3.63, 3.8) is 0 Å². The van der Waals surface area contributed by atoms with Crippen LogP contribution in [0.5, 0.6) is 0 Å². The lowest BCUT2D eigenvalue weighted by Crippen LogP contribution is -2.26. The molecule has 10 heteroatoms. The molecule has 0 aromatic carbocycles. The first-order valence-electron chi connectivity index (χ1n) is 7.74. The maximum Gasteiger partial charge on any atom is 0.435 e. The first-order chi connectivity index (χ1) is 11.7. The molecule has 0 saturated carbocycles. The van der Waals surface area contributed by atoms with Gasteiger partial charge < -0.3 is 5.32 Å². The Kier molecular flexibility index (Phi) is 6.26. The molecule has 0 atom stereocenters. The van der Waals surface area contributed by atoms with Crippen LogP contribution in [0.3, 0.4) is 0 Å². The van der Waals surface area contributed by atoms with Crippen LogP contribution in [-0.2, 0) is 24.1 Å². The fraction of sp³-hybridized carbons (Fsp3) is 0.533. The number of rotatable bonds is 7. The molecule has 0 saturated heterocycles. The van der Waals surface area contributed by atoms with Crippen LogP contribution in [0.15, 0.2) is 16.7 Å². The van der Waals surface area contributed by atoms with Gasteiger partial charge in [-0.1, -0.05) is 0 Å². The lowest BCUT2D eigenvalue weighted by atomic mass is 10.3. The summed E-state index contributed by atoms with van der Waals surface area (Å²) < 4.78 is 41.6. The largest absolute Gasteiger partial charge is 0.435 e. The zero-order chi connectivity index (χ0) is 18.6. The van der Waals surface area contributed by atoms with E-state index in [4.69, 9.17) is 0 Å². The first-order valence-corrected chi connectivity index (χ1v) is 8.54. The third-order valence-corrected chi connectivity index (χ3v) is 4.37. The molecule has 6 nitrogen and oxygen atoms in total. The molecule has 1 amide bonds. The van der Waals surface area contributed by atoms with Gasteiger partial charge in [-0.3, -0.25) is 14.2 Å². The van der Waals surface area contributed by atoms with E-state index in [-0.39, 0.29) is 12.3 Å². The molecular formula is C15H19BrF3N5O. The molecule has 2 aromatic heterocycles. The van der Waals surface area contributed by atoms with Crippen molar-refractivity contribution in [3.05, 3.63) is 33.8 Å². The molecule has 0 unspecified atom stereocenters. The molecule has 2 aromatic rings. The number of aromatic nitrogens is 4. The van der Waals surface area contributed by atoms with Crippen molar-refractivity contribution in [1.29, 1.82) is 0 Å². The Morgan fingerprint density at radius 3 is 2.56 bits per heavy atom. The highest BCUT2D eigenvalue weighted by atomic mass is 79.9. The number of hydrogen-bond acceptors (Lipinski definition) is 3. The summed E-state index contributed by atoms with van der Waals surface area (Å²) in [7, 11) is 0. The SMILES string of the molecule is Cc1nn(CCC(=O)NCCCn2nc(C(F)(F)F)cc2C)cc1Br. The number of halogens is 4. The molecule has 0 aliphatic rings. The second kappa shape index (κ2) is 8.03. The smallest absolute Gasteiger partial charge is 0.356 e. The van der Waals surface area contributed by atoms with Crippen LogP contribution in [-0.4, -0.2) is 32.0 Å². The van der Waals surface area contributed by atoms with E-state index in [1.165, 1.54) is 4.68 Å². The van der Waals surface area contributed by atoms with Crippen molar-refractivity contribution in [2.24, 2.45) is 0 Å². The lowest BCUT2D eigenvalue weighted by molar-refractivity contribution is -0.141. The standard InChI is InChI=1S/C15H19BrF3N5O/c1-10-8-13(15(17,18)19)22-24(10)6-3-5-20-14(25)4-7-23-9-12(16)11(2)21-23/h8-9H,3-7H2,1-2H3,(H,20,25). The molecule has 0 bridgehead atoms. The molecule has 2 heterocycles. The molecule has 25 heavy (non-hydrogen) atoms. The number of hydrogen-bond donors (Lipinski definition) is 1. The van der Waals surface area contributed by atoms with Gasteiger partial charge >= 0.3 is 6.18 Å². The van der Waals surface area contributed by atoms with Crippen LogP contribution >= 0.6 is 15.9 Å². The minimum atomic E-state index is -4.44. The fourth-order valence-corrected chi connectivity index (χ4v) is 2.56. The van der Waals surface area contributed by atoms with Crippen LogP contribution in [0, 0.1) is 13.8 Å². The van der Waals surface area contributed by atoms with E-state index in [0.29, 0.717) is 31.7 Å². The van der Waals surface area contributed by atoms with Gasteiger partial charge in [0.05, 0.1) is 10.2 Å². The Bertz CT molecular complexity index is 719. The summed E-state index contributed by atoms with van der Waals surface area (Å²) in [6.45, 7) is 4.59. The number of nitrogens with one attached hydrogen (secondary N) is 1. The van der Waals surface area contributed by atoms with Gasteiger partial charge in [-0.2, -0.15) is 23.4 Å². The van der Waals surface area contributed by atoms with Crippen LogP contribution in [0.2, 0.25) is 0 Å². The average molecular weight is 422 g/mol. The monoisotopic (exact) mass is 421 g/mol. The summed E-state index contributed by atoms with van der Waals surface area (Å²) in [5.74, 6) is -0.127. The molecule has 1 N–H and O–H groups in total. The quantitative estimate of drug-likeness (QED) is 0.698. The summed E-state index contributed by atoms with van der Waals surface area (Å²) in [4.78, 5) is 11.8. The van der Waals surface area contributed by atoms with E-state index in [0.717, 1.165) is 16.2 Å². The van der Waals surface area contributed by atoms with Gasteiger partial charge in [-0.05, 0) is 42.3 Å². The molecule has 0 spiro atoms. The summed E-state index contributed by atoms with van der Waals surface area (Å²) >= 11 is 3.35. The minimum Gasteiger partial charge on any atom is -0.356 e. The van der Waals surface area contributed by atoms with E-state index in [9.17, 15) is 18.0 Å². The molecule has 0 fully saturated rings. The number of nitrogens with zero attached hydrogens (tertiary/aromatic N) is 4. The number of alkyl halides is 3. The molecule has 0 aliphatic carbocycles. The topological polar surface area (TPSA) is 64.7 Å². The Morgan fingerprint density at radius 2 is 2.00 bits per heavy atom. The predicted octanol–water partition coefficient (Wildman–Crippen LogP) is 3.07. The van der Waals surface area contributed by atoms with Gasteiger partial charge in [0.15, 0.2) is 5.69 Å². The Balaban J connectivity index is 1.70. The van der Waals surface area contributed by atoms with E-state index in [1.54, 1.807) is 17.8 Å². The number of carbonyl (C=O) groups excluding carboxylic acids is 1. The number of aryl methyl sites for hydroxylation is 4. The zero-order valence-electron chi connectivity index (χ0n) is 13.9. The van der Waals surface area contributed by atoms with Gasteiger partial charge in [0, 0.05) is 37.9 Å². The van der Waals surface area contributed by atoms with Gasteiger partial charge in [0.25, 0.3) is 0 Å². The van der Waals surface area contributed by atoms with Gasteiger partial charge in [0.1, 0.15) is 0 Å². The zero-order valence-corrected chi connectivity index (χ0v) is 15.5.